The first-order valence-corrected chi connectivity index (χ1v) is 19.1. The van der Waals surface area contributed by atoms with Gasteiger partial charge in [0.2, 0.25) is 5.91 Å². The summed E-state index contributed by atoms with van der Waals surface area (Å²) in [5.41, 5.74) is 0. The molecule has 1 atom stereocenters. The van der Waals surface area contributed by atoms with E-state index in [1.165, 1.54) is 83.5 Å². The molecule has 0 aromatic carbocycles. The van der Waals surface area contributed by atoms with Crippen molar-refractivity contribution in [2.45, 2.75) is 193 Å². The largest absolute Gasteiger partial charge is 0.480 e. The summed E-state index contributed by atoms with van der Waals surface area (Å²) in [6.07, 6.45) is 42.6. The van der Waals surface area contributed by atoms with Crippen molar-refractivity contribution in [2.75, 3.05) is 6.54 Å². The third-order valence-electron chi connectivity index (χ3n) is 8.28. The summed E-state index contributed by atoms with van der Waals surface area (Å²) < 4.78 is 5.97. The average molecular weight is 646 g/mol. The van der Waals surface area contributed by atoms with Gasteiger partial charge in [-0.3, -0.25) is 14.4 Å². The maximum absolute atomic E-state index is 12.7. The average Bonchev–Trinajstić information content (AvgIpc) is 3.04. The third-order valence-corrected chi connectivity index (χ3v) is 8.28. The van der Waals surface area contributed by atoms with Crippen molar-refractivity contribution in [2.24, 2.45) is 0 Å². The van der Waals surface area contributed by atoms with Crippen molar-refractivity contribution < 1.29 is 24.2 Å². The van der Waals surface area contributed by atoms with E-state index in [9.17, 15) is 14.4 Å². The highest BCUT2D eigenvalue weighted by molar-refractivity contribution is 5.80. The Morgan fingerprint density at radius 3 is 1.67 bits per heavy atom. The molecule has 266 valence electrons. The van der Waals surface area contributed by atoms with Crippen molar-refractivity contribution in [3.63, 3.8) is 0 Å². The number of hydrogen-bond acceptors (Lipinski definition) is 4. The highest BCUT2D eigenvalue weighted by Crippen LogP contribution is 2.17. The van der Waals surface area contributed by atoms with Crippen LogP contribution in [0.25, 0.3) is 0 Å². The van der Waals surface area contributed by atoms with Crippen LogP contribution in [0.5, 0.6) is 0 Å². The molecule has 0 aliphatic heterocycles. The first-order chi connectivity index (χ1) is 22.5. The van der Waals surface area contributed by atoms with Crippen LogP contribution in [0.3, 0.4) is 0 Å². The first kappa shape index (κ1) is 43.6. The van der Waals surface area contributed by atoms with Gasteiger partial charge in [-0.15, -0.1) is 0 Å². The van der Waals surface area contributed by atoms with Gasteiger partial charge in [-0.25, -0.2) is 0 Å². The van der Waals surface area contributed by atoms with Crippen LogP contribution in [0, 0.1) is 0 Å². The Kier molecular flexibility index (Phi) is 33.7. The summed E-state index contributed by atoms with van der Waals surface area (Å²) in [7, 11) is 0. The zero-order valence-electron chi connectivity index (χ0n) is 29.9. The number of rotatable bonds is 34. The van der Waals surface area contributed by atoms with Crippen LogP contribution in [-0.2, 0) is 19.1 Å². The molecule has 0 fully saturated rings. The molecular formula is C40H71NO5. The second-order valence-corrected chi connectivity index (χ2v) is 12.8. The number of carboxylic acids is 1. The van der Waals surface area contributed by atoms with Gasteiger partial charge in [0.05, 0.1) is 0 Å². The molecule has 6 nitrogen and oxygen atoms in total. The number of esters is 1. The molecule has 0 aliphatic rings. The van der Waals surface area contributed by atoms with Gasteiger partial charge in [-0.2, -0.15) is 0 Å². The molecule has 0 aromatic heterocycles. The van der Waals surface area contributed by atoms with Gasteiger partial charge in [0.15, 0.2) is 0 Å². The molecule has 0 heterocycles. The second kappa shape index (κ2) is 35.5. The molecule has 0 radical (unpaired) electrons. The van der Waals surface area contributed by atoms with Crippen LogP contribution in [-0.4, -0.2) is 35.6 Å². The van der Waals surface area contributed by atoms with Crippen LogP contribution in [0.15, 0.2) is 36.5 Å². The summed E-state index contributed by atoms with van der Waals surface area (Å²) in [6.45, 7) is 4.16. The normalized spacial score (nSPS) is 12.4. The monoisotopic (exact) mass is 646 g/mol. The Bertz CT molecular complexity index is 803. The lowest BCUT2D eigenvalue weighted by Crippen LogP contribution is -2.28. The highest BCUT2D eigenvalue weighted by Gasteiger charge is 2.14. The number of allylic oxidation sites excluding steroid dienone is 6. The molecule has 1 amide bonds. The summed E-state index contributed by atoms with van der Waals surface area (Å²) in [6, 6.07) is 0. The zero-order chi connectivity index (χ0) is 33.8. The van der Waals surface area contributed by atoms with Gasteiger partial charge >= 0.3 is 11.9 Å². The molecule has 2 N–H and O–H groups in total. The number of nitrogens with one attached hydrogen (secondary N) is 1. The molecule has 0 spiro atoms. The SMILES string of the molecule is CCCC/C=C\CCCCCCCC(=O)OC(CCC/C=C\C/C=C\CCCCCCC)CCCCCCCC(=O)NCC(=O)O. The van der Waals surface area contributed by atoms with E-state index in [2.05, 4.69) is 55.6 Å². The van der Waals surface area contributed by atoms with Crippen molar-refractivity contribution in [3.05, 3.63) is 36.5 Å². The fourth-order valence-electron chi connectivity index (χ4n) is 5.41. The van der Waals surface area contributed by atoms with Gasteiger partial charge < -0.3 is 15.2 Å². The standard InChI is InChI=1S/C40H71NO5/c1-3-5-7-9-11-13-15-16-18-19-21-24-28-32-37(33-29-25-23-26-30-34-38(42)41-36-39(43)44)46-40(45)35-31-27-22-20-17-14-12-10-8-6-4-2/h10,12,15-16,19,21,37H,3-9,11,13-14,17-18,20,22-36H2,1-2H3,(H,41,42)(H,43,44)/b12-10-,16-15-,21-19-. The van der Waals surface area contributed by atoms with Crippen LogP contribution < -0.4 is 5.32 Å². The Hall–Kier alpha value is -2.37. The quantitative estimate of drug-likeness (QED) is 0.0412. The maximum atomic E-state index is 12.7. The van der Waals surface area contributed by atoms with Crippen molar-refractivity contribution in [1.29, 1.82) is 0 Å². The fourth-order valence-corrected chi connectivity index (χ4v) is 5.41. The van der Waals surface area contributed by atoms with Gasteiger partial charge in [-0.05, 0) is 83.5 Å². The number of aliphatic carboxylic acids is 1. The summed E-state index contributed by atoms with van der Waals surface area (Å²) in [5.74, 6) is -1.27. The molecule has 0 bridgehead atoms. The van der Waals surface area contributed by atoms with Gasteiger partial charge in [0, 0.05) is 12.8 Å². The predicted octanol–water partition coefficient (Wildman–Crippen LogP) is 11.3. The van der Waals surface area contributed by atoms with Crippen molar-refractivity contribution >= 4 is 17.8 Å². The van der Waals surface area contributed by atoms with E-state index < -0.39 is 5.97 Å². The lowest BCUT2D eigenvalue weighted by atomic mass is 10.0. The molecular weight excluding hydrogens is 574 g/mol. The topological polar surface area (TPSA) is 92.7 Å². The predicted molar refractivity (Wildman–Crippen MR) is 194 cm³/mol. The van der Waals surface area contributed by atoms with E-state index in [1.54, 1.807) is 0 Å². The number of carbonyl (C=O) groups is 3. The number of amides is 1. The minimum atomic E-state index is -1.02. The van der Waals surface area contributed by atoms with Crippen LogP contribution in [0.1, 0.15) is 187 Å². The molecule has 46 heavy (non-hydrogen) atoms. The Morgan fingerprint density at radius 2 is 1.04 bits per heavy atom. The lowest BCUT2D eigenvalue weighted by molar-refractivity contribution is -0.150. The fraction of sp³-hybridized carbons (Fsp3) is 0.775. The third kappa shape index (κ3) is 34.5. The van der Waals surface area contributed by atoms with E-state index in [4.69, 9.17) is 9.84 Å². The van der Waals surface area contributed by atoms with E-state index in [0.29, 0.717) is 12.8 Å². The van der Waals surface area contributed by atoms with Gasteiger partial charge in [0.1, 0.15) is 12.6 Å². The number of unbranched alkanes of at least 4 members (excludes halogenated alkanes) is 17. The number of carbonyl (C=O) groups excluding carboxylic acids is 2. The maximum Gasteiger partial charge on any atom is 0.322 e. The van der Waals surface area contributed by atoms with E-state index in [0.717, 1.165) is 77.0 Å². The number of ether oxygens (including phenoxy) is 1. The Labute approximate surface area is 283 Å². The van der Waals surface area contributed by atoms with Crippen LogP contribution >= 0.6 is 0 Å². The molecule has 0 aromatic rings. The molecule has 0 saturated heterocycles. The summed E-state index contributed by atoms with van der Waals surface area (Å²) in [5, 5.41) is 11.1. The minimum Gasteiger partial charge on any atom is -0.480 e. The molecule has 0 saturated carbocycles. The van der Waals surface area contributed by atoms with Gasteiger partial charge in [-0.1, -0.05) is 127 Å². The number of carboxylic acid groups (broad SMARTS) is 1. The Morgan fingerprint density at radius 1 is 0.565 bits per heavy atom. The summed E-state index contributed by atoms with van der Waals surface area (Å²) >= 11 is 0. The highest BCUT2D eigenvalue weighted by atomic mass is 16.5. The minimum absolute atomic E-state index is 0.0187. The van der Waals surface area contributed by atoms with E-state index in [-0.39, 0.29) is 24.5 Å². The Balaban J connectivity index is 4.29. The van der Waals surface area contributed by atoms with Crippen molar-refractivity contribution in [3.8, 4) is 0 Å². The van der Waals surface area contributed by atoms with Crippen LogP contribution in [0.2, 0.25) is 0 Å². The smallest absolute Gasteiger partial charge is 0.322 e. The van der Waals surface area contributed by atoms with E-state index in [1.807, 2.05) is 0 Å². The zero-order valence-corrected chi connectivity index (χ0v) is 29.9. The van der Waals surface area contributed by atoms with E-state index >= 15 is 0 Å². The van der Waals surface area contributed by atoms with Gasteiger partial charge in [0.25, 0.3) is 0 Å². The first-order valence-electron chi connectivity index (χ1n) is 19.1. The second-order valence-electron chi connectivity index (χ2n) is 12.8. The molecule has 0 rings (SSSR count). The number of hydrogen-bond donors (Lipinski definition) is 2. The molecule has 1 unspecified atom stereocenters. The van der Waals surface area contributed by atoms with Crippen molar-refractivity contribution in [1.82, 2.24) is 5.32 Å². The van der Waals surface area contributed by atoms with Crippen LogP contribution in [0.4, 0.5) is 0 Å². The summed E-state index contributed by atoms with van der Waals surface area (Å²) in [4.78, 5) is 34.9. The molecule has 0 aliphatic carbocycles. The molecule has 6 heteroatoms. The lowest BCUT2D eigenvalue weighted by Gasteiger charge is -2.18.